The third-order valence-electron chi connectivity index (χ3n) is 6.31. The average molecular weight is 481 g/mol. The molecule has 4 nitrogen and oxygen atoms in total. The molecule has 1 aliphatic heterocycles. The van der Waals surface area contributed by atoms with E-state index in [-0.39, 0.29) is 29.5 Å². The van der Waals surface area contributed by atoms with E-state index in [1.165, 1.54) is 24.3 Å². The van der Waals surface area contributed by atoms with Gasteiger partial charge >= 0.3 is 6.18 Å². The molecule has 8 heteroatoms. The summed E-state index contributed by atoms with van der Waals surface area (Å²) in [6, 6.07) is 11.7. The first-order valence-electron chi connectivity index (χ1n) is 11.5. The van der Waals surface area contributed by atoms with Crippen molar-refractivity contribution in [3.63, 3.8) is 0 Å². The zero-order valence-corrected chi connectivity index (χ0v) is 19.8. The molecule has 2 aromatic rings. The van der Waals surface area contributed by atoms with Crippen molar-refractivity contribution in [1.29, 1.82) is 0 Å². The number of benzene rings is 2. The lowest BCUT2D eigenvalue weighted by Gasteiger charge is -2.29. The molecule has 1 amide bonds. The van der Waals surface area contributed by atoms with Gasteiger partial charge in [-0.1, -0.05) is 38.1 Å². The topological polar surface area (TPSA) is 32.8 Å². The van der Waals surface area contributed by atoms with Gasteiger partial charge in [0.1, 0.15) is 5.82 Å². The Morgan fingerprint density at radius 1 is 1.15 bits per heavy atom. The van der Waals surface area contributed by atoms with Gasteiger partial charge in [0.2, 0.25) is 5.91 Å². The van der Waals surface area contributed by atoms with Crippen molar-refractivity contribution >= 4 is 5.91 Å². The summed E-state index contributed by atoms with van der Waals surface area (Å²) in [5, 5.41) is 0. The zero-order chi connectivity index (χ0) is 24.9. The highest BCUT2D eigenvalue weighted by Gasteiger charge is 2.36. The molecule has 0 saturated carbocycles. The Morgan fingerprint density at radius 3 is 2.44 bits per heavy atom. The van der Waals surface area contributed by atoms with E-state index in [0.29, 0.717) is 39.3 Å². The monoisotopic (exact) mass is 480 g/mol. The number of carbonyl (C=O) groups excluding carboxylic acids is 1. The fourth-order valence-corrected chi connectivity index (χ4v) is 4.59. The fraction of sp³-hybridized carbons (Fsp3) is 0.500. The van der Waals surface area contributed by atoms with Gasteiger partial charge in [0.05, 0.1) is 12.2 Å². The molecule has 0 N–H and O–H groups in total. The number of methoxy groups -OCH3 is 1. The highest BCUT2D eigenvalue weighted by Crippen LogP contribution is 2.35. The van der Waals surface area contributed by atoms with Crippen LogP contribution in [0.1, 0.15) is 36.5 Å². The molecule has 1 aliphatic rings. The molecule has 0 aromatic heterocycles. The van der Waals surface area contributed by atoms with Crippen LogP contribution in [0.25, 0.3) is 0 Å². The van der Waals surface area contributed by atoms with E-state index in [4.69, 9.17) is 4.74 Å². The van der Waals surface area contributed by atoms with Gasteiger partial charge < -0.3 is 9.64 Å². The Bertz CT molecular complexity index is 947. The summed E-state index contributed by atoms with van der Waals surface area (Å²) in [5.74, 6) is -0.386. The highest BCUT2D eigenvalue weighted by molar-refractivity contribution is 5.78. The average Bonchev–Trinajstić information content (AvgIpc) is 3.18. The number of alkyl halides is 3. The molecule has 0 radical (unpaired) electrons. The van der Waals surface area contributed by atoms with Crippen LogP contribution in [0.4, 0.5) is 17.6 Å². The smallest absolute Gasteiger partial charge is 0.383 e. The molecule has 1 heterocycles. The summed E-state index contributed by atoms with van der Waals surface area (Å²) in [4.78, 5) is 16.8. The minimum Gasteiger partial charge on any atom is -0.383 e. The van der Waals surface area contributed by atoms with Gasteiger partial charge in [-0.15, -0.1) is 0 Å². The molecule has 0 aliphatic carbocycles. The predicted molar refractivity (Wildman–Crippen MR) is 123 cm³/mol. The van der Waals surface area contributed by atoms with E-state index >= 15 is 0 Å². The quantitative estimate of drug-likeness (QED) is 0.463. The van der Waals surface area contributed by atoms with E-state index in [9.17, 15) is 22.4 Å². The van der Waals surface area contributed by atoms with Crippen molar-refractivity contribution in [3.8, 4) is 0 Å². The van der Waals surface area contributed by atoms with Crippen molar-refractivity contribution in [2.75, 3.05) is 39.9 Å². The van der Waals surface area contributed by atoms with Crippen LogP contribution >= 0.6 is 0 Å². The Kier molecular flexibility index (Phi) is 8.71. The van der Waals surface area contributed by atoms with E-state index in [2.05, 4.69) is 4.90 Å². The number of rotatable bonds is 9. The molecule has 0 spiro atoms. The minimum atomic E-state index is -4.37. The summed E-state index contributed by atoms with van der Waals surface area (Å²) in [7, 11) is 1.59. The number of carbonyl (C=O) groups is 1. The van der Waals surface area contributed by atoms with Crippen LogP contribution in [0.3, 0.4) is 0 Å². The maximum Gasteiger partial charge on any atom is 0.416 e. The Hall–Kier alpha value is -2.45. The largest absolute Gasteiger partial charge is 0.416 e. The summed E-state index contributed by atoms with van der Waals surface area (Å²) in [5.41, 5.74) is 0.971. The molecule has 34 heavy (non-hydrogen) atoms. The molecular formula is C26H32F4N2O2. The van der Waals surface area contributed by atoms with Crippen LogP contribution in [0.5, 0.6) is 0 Å². The number of hydrogen-bond acceptors (Lipinski definition) is 3. The van der Waals surface area contributed by atoms with Crippen molar-refractivity contribution in [2.24, 2.45) is 11.8 Å². The molecule has 2 atom stereocenters. The van der Waals surface area contributed by atoms with Crippen LogP contribution in [0.15, 0.2) is 48.5 Å². The van der Waals surface area contributed by atoms with Gasteiger partial charge in [-0.05, 0) is 41.3 Å². The van der Waals surface area contributed by atoms with Gasteiger partial charge in [0.15, 0.2) is 0 Å². The van der Waals surface area contributed by atoms with Crippen molar-refractivity contribution in [2.45, 2.75) is 32.5 Å². The molecular weight excluding hydrogens is 448 g/mol. The maximum absolute atomic E-state index is 14.0. The summed E-state index contributed by atoms with van der Waals surface area (Å²) < 4.78 is 57.9. The Morgan fingerprint density at radius 2 is 1.85 bits per heavy atom. The second-order valence-electron chi connectivity index (χ2n) is 9.24. The molecule has 2 aromatic carbocycles. The third kappa shape index (κ3) is 6.79. The van der Waals surface area contributed by atoms with Crippen LogP contribution in [-0.4, -0.2) is 55.6 Å². The van der Waals surface area contributed by atoms with E-state index in [0.717, 1.165) is 23.3 Å². The van der Waals surface area contributed by atoms with Crippen LogP contribution in [-0.2, 0) is 22.3 Å². The van der Waals surface area contributed by atoms with Gasteiger partial charge in [0.25, 0.3) is 0 Å². The van der Waals surface area contributed by atoms with Gasteiger partial charge in [-0.3, -0.25) is 9.69 Å². The highest BCUT2D eigenvalue weighted by atomic mass is 19.4. The summed E-state index contributed by atoms with van der Waals surface area (Å²) in [6.07, 6.45) is -4.37. The van der Waals surface area contributed by atoms with Crippen molar-refractivity contribution in [1.82, 2.24) is 9.80 Å². The van der Waals surface area contributed by atoms with E-state index in [1.807, 2.05) is 24.8 Å². The predicted octanol–water partition coefficient (Wildman–Crippen LogP) is 5.19. The molecule has 0 unspecified atom stereocenters. The number of likely N-dealkylation sites (tertiary alicyclic amines) is 1. The normalized spacial score (nSPS) is 19.1. The minimum absolute atomic E-state index is 0.00449. The van der Waals surface area contributed by atoms with Gasteiger partial charge in [-0.25, -0.2) is 4.39 Å². The first-order valence-corrected chi connectivity index (χ1v) is 11.5. The van der Waals surface area contributed by atoms with E-state index in [1.54, 1.807) is 13.2 Å². The molecule has 0 bridgehead atoms. The van der Waals surface area contributed by atoms with E-state index < -0.39 is 11.7 Å². The van der Waals surface area contributed by atoms with Crippen molar-refractivity contribution < 1.29 is 27.1 Å². The standard InChI is InChI=1S/C26H32F4N2O2/c1-18(2)25(33)32(11-12-34-3)16-21-15-31(17-24(21)20-5-4-6-23(27)13-20)14-19-7-9-22(10-8-19)26(28,29)30/h4-10,13,18,21,24H,11-12,14-17H2,1-3H3/t21-,24-/m1/s1. The number of halogens is 4. The lowest BCUT2D eigenvalue weighted by atomic mass is 9.88. The van der Waals surface area contributed by atoms with Crippen LogP contribution < -0.4 is 0 Å². The molecule has 186 valence electrons. The molecule has 1 fully saturated rings. The fourth-order valence-electron chi connectivity index (χ4n) is 4.59. The van der Waals surface area contributed by atoms with Gasteiger partial charge in [-0.2, -0.15) is 13.2 Å². The Balaban J connectivity index is 1.80. The number of ether oxygens (including phenoxy) is 1. The van der Waals surface area contributed by atoms with Crippen LogP contribution in [0, 0.1) is 17.7 Å². The second kappa shape index (κ2) is 11.3. The number of nitrogens with zero attached hydrogens (tertiary/aromatic N) is 2. The lowest BCUT2D eigenvalue weighted by Crippen LogP contribution is -2.41. The Labute approximate surface area is 198 Å². The maximum atomic E-state index is 14.0. The van der Waals surface area contributed by atoms with Gasteiger partial charge in [0, 0.05) is 51.7 Å². The summed E-state index contributed by atoms with van der Waals surface area (Å²) in [6.45, 7) is 6.88. The SMILES string of the molecule is COCCN(C[C@H]1CN(Cc2ccc(C(F)(F)F)cc2)C[C@@H]1c1cccc(F)c1)C(=O)C(C)C. The molecule has 1 saturated heterocycles. The number of hydrogen-bond donors (Lipinski definition) is 0. The van der Waals surface area contributed by atoms with Crippen LogP contribution in [0.2, 0.25) is 0 Å². The summed E-state index contributed by atoms with van der Waals surface area (Å²) >= 11 is 0. The first-order chi connectivity index (χ1) is 16.1. The first kappa shape index (κ1) is 26.2. The second-order valence-corrected chi connectivity index (χ2v) is 9.24. The van der Waals surface area contributed by atoms with Crippen molar-refractivity contribution in [3.05, 3.63) is 71.0 Å². The zero-order valence-electron chi connectivity index (χ0n) is 19.8. The number of amides is 1. The lowest BCUT2D eigenvalue weighted by molar-refractivity contribution is -0.137. The third-order valence-corrected chi connectivity index (χ3v) is 6.31. The molecule has 3 rings (SSSR count).